The van der Waals surface area contributed by atoms with Crippen LogP contribution in [0.3, 0.4) is 0 Å². The molecule has 1 aromatic heterocycles. The normalized spacial score (nSPS) is 25.5. The lowest BCUT2D eigenvalue weighted by Gasteiger charge is -2.28. The molecule has 3 nitrogen and oxygen atoms in total. The zero-order valence-corrected chi connectivity index (χ0v) is 11.8. The fraction of sp³-hybridized carbons (Fsp3) is 0.636. The highest BCUT2D eigenvalue weighted by Gasteiger charge is 2.31. The van der Waals surface area contributed by atoms with E-state index in [1.54, 1.807) is 11.3 Å². The minimum atomic E-state index is -0.150. The molecule has 16 heavy (non-hydrogen) atoms. The van der Waals surface area contributed by atoms with Crippen LogP contribution in [0.4, 0.5) is 0 Å². The molecule has 2 rings (SSSR count). The van der Waals surface area contributed by atoms with Crippen LogP contribution in [-0.4, -0.2) is 37.2 Å². The van der Waals surface area contributed by atoms with E-state index in [2.05, 4.69) is 39.3 Å². The van der Waals surface area contributed by atoms with Gasteiger partial charge in [-0.3, -0.25) is 4.90 Å². The first-order valence-corrected chi connectivity index (χ1v) is 7.03. The molecule has 1 saturated heterocycles. The second-order valence-electron chi connectivity index (χ2n) is 4.57. The minimum absolute atomic E-state index is 0.150. The zero-order chi connectivity index (χ0) is 11.6. The van der Waals surface area contributed by atoms with E-state index in [1.165, 1.54) is 4.88 Å². The maximum atomic E-state index is 6.25. The monoisotopic (exact) mass is 304 g/mol. The van der Waals surface area contributed by atoms with E-state index in [0.717, 1.165) is 30.6 Å². The van der Waals surface area contributed by atoms with Gasteiger partial charge < -0.3 is 10.5 Å². The van der Waals surface area contributed by atoms with Gasteiger partial charge in [0.1, 0.15) is 0 Å². The Bertz CT molecular complexity index is 350. The van der Waals surface area contributed by atoms with Gasteiger partial charge in [0, 0.05) is 34.4 Å². The average Bonchev–Trinajstić information content (AvgIpc) is 2.75. The van der Waals surface area contributed by atoms with Gasteiger partial charge in [-0.25, -0.2) is 0 Å². The van der Waals surface area contributed by atoms with Crippen molar-refractivity contribution < 1.29 is 4.74 Å². The van der Waals surface area contributed by atoms with Gasteiger partial charge in [-0.2, -0.15) is 0 Å². The van der Waals surface area contributed by atoms with Crippen molar-refractivity contribution >= 4 is 27.3 Å². The van der Waals surface area contributed by atoms with Crippen molar-refractivity contribution in [3.05, 3.63) is 20.8 Å². The summed E-state index contributed by atoms with van der Waals surface area (Å²) >= 11 is 5.24. The van der Waals surface area contributed by atoms with Crippen molar-refractivity contribution in [3.8, 4) is 0 Å². The molecule has 0 spiro atoms. The van der Waals surface area contributed by atoms with E-state index < -0.39 is 0 Å². The van der Waals surface area contributed by atoms with E-state index >= 15 is 0 Å². The van der Waals surface area contributed by atoms with Crippen LogP contribution >= 0.6 is 27.3 Å². The van der Waals surface area contributed by atoms with Gasteiger partial charge in [0.15, 0.2) is 0 Å². The van der Waals surface area contributed by atoms with Crippen LogP contribution < -0.4 is 5.73 Å². The molecule has 0 amide bonds. The maximum absolute atomic E-state index is 6.25. The fourth-order valence-corrected chi connectivity index (χ4v) is 3.57. The Kier molecular flexibility index (Phi) is 4.02. The second-order valence-corrected chi connectivity index (χ2v) is 6.48. The molecule has 1 atom stereocenters. The molecule has 1 aliphatic heterocycles. The minimum Gasteiger partial charge on any atom is -0.379 e. The summed E-state index contributed by atoms with van der Waals surface area (Å²) in [6.45, 7) is 3.33. The number of hydrogen-bond donors (Lipinski definition) is 1. The highest BCUT2D eigenvalue weighted by Crippen LogP contribution is 2.22. The molecule has 1 fully saturated rings. The van der Waals surface area contributed by atoms with Gasteiger partial charge in [-0.05, 0) is 35.5 Å². The lowest BCUT2D eigenvalue weighted by molar-refractivity contribution is 0.160. The molecular weight excluding hydrogens is 288 g/mol. The van der Waals surface area contributed by atoms with Gasteiger partial charge in [-0.15, -0.1) is 11.3 Å². The van der Waals surface area contributed by atoms with Gasteiger partial charge >= 0.3 is 0 Å². The predicted molar refractivity (Wildman–Crippen MR) is 70.7 cm³/mol. The molecule has 2 N–H and O–H groups in total. The summed E-state index contributed by atoms with van der Waals surface area (Å²) in [5.41, 5.74) is 6.10. The van der Waals surface area contributed by atoms with E-state index in [9.17, 15) is 0 Å². The maximum Gasteiger partial charge on any atom is 0.0659 e. The molecule has 1 unspecified atom stereocenters. The summed E-state index contributed by atoms with van der Waals surface area (Å²) in [6.07, 6.45) is 0.964. The first kappa shape index (κ1) is 12.5. The average molecular weight is 305 g/mol. The largest absolute Gasteiger partial charge is 0.379 e. The highest BCUT2D eigenvalue weighted by atomic mass is 79.9. The van der Waals surface area contributed by atoms with Crippen LogP contribution in [0.2, 0.25) is 0 Å². The van der Waals surface area contributed by atoms with Gasteiger partial charge in [0.25, 0.3) is 0 Å². The molecular formula is C11H17BrN2OS. The van der Waals surface area contributed by atoms with Crippen LogP contribution in [0.15, 0.2) is 15.9 Å². The summed E-state index contributed by atoms with van der Waals surface area (Å²) in [6, 6.07) is 2.16. The van der Waals surface area contributed by atoms with Crippen LogP contribution in [0.1, 0.15) is 11.3 Å². The molecule has 1 aromatic rings. The first-order valence-electron chi connectivity index (χ1n) is 5.35. The third-order valence-corrected chi connectivity index (χ3v) is 4.45. The lowest BCUT2D eigenvalue weighted by Crippen LogP contribution is -2.49. The molecule has 90 valence electrons. The van der Waals surface area contributed by atoms with E-state index in [-0.39, 0.29) is 5.54 Å². The van der Waals surface area contributed by atoms with Crippen molar-refractivity contribution in [1.29, 1.82) is 0 Å². The Morgan fingerprint density at radius 2 is 2.50 bits per heavy atom. The Morgan fingerprint density at radius 1 is 1.69 bits per heavy atom. The van der Waals surface area contributed by atoms with Gasteiger partial charge in [0.05, 0.1) is 12.1 Å². The number of hydrogen-bond acceptors (Lipinski definition) is 4. The summed E-state index contributed by atoms with van der Waals surface area (Å²) in [4.78, 5) is 3.63. The Hall–Kier alpha value is 0.0600. The molecule has 0 aromatic carbocycles. The van der Waals surface area contributed by atoms with E-state index in [4.69, 9.17) is 10.5 Å². The van der Waals surface area contributed by atoms with Crippen LogP contribution in [0.5, 0.6) is 0 Å². The fourth-order valence-electron chi connectivity index (χ4n) is 2.04. The topological polar surface area (TPSA) is 38.5 Å². The number of halogens is 1. The number of ether oxygens (including phenoxy) is 1. The van der Waals surface area contributed by atoms with E-state index in [0.29, 0.717) is 6.61 Å². The quantitative estimate of drug-likeness (QED) is 0.925. The summed E-state index contributed by atoms with van der Waals surface area (Å²) in [7, 11) is 2.11. The molecule has 0 radical (unpaired) electrons. The number of rotatable bonds is 4. The SMILES string of the molecule is CN(Cc1cc(Br)cs1)CC1(N)CCOC1. The molecule has 1 aliphatic rings. The summed E-state index contributed by atoms with van der Waals surface area (Å²) < 4.78 is 6.52. The highest BCUT2D eigenvalue weighted by molar-refractivity contribution is 9.10. The molecule has 0 aliphatic carbocycles. The van der Waals surface area contributed by atoms with Crippen molar-refractivity contribution in [3.63, 3.8) is 0 Å². The van der Waals surface area contributed by atoms with Crippen LogP contribution in [-0.2, 0) is 11.3 Å². The molecule has 2 heterocycles. The summed E-state index contributed by atoms with van der Waals surface area (Å²) in [5, 5.41) is 2.11. The number of nitrogens with two attached hydrogens (primary N) is 1. The van der Waals surface area contributed by atoms with Gasteiger partial charge in [-0.1, -0.05) is 0 Å². The third-order valence-electron chi connectivity index (χ3n) is 2.77. The lowest BCUT2D eigenvalue weighted by atomic mass is 10.00. The summed E-state index contributed by atoms with van der Waals surface area (Å²) in [5.74, 6) is 0. The first-order chi connectivity index (χ1) is 7.57. The Morgan fingerprint density at radius 3 is 3.06 bits per heavy atom. The number of nitrogens with zero attached hydrogens (tertiary/aromatic N) is 1. The second kappa shape index (κ2) is 5.14. The molecule has 5 heteroatoms. The zero-order valence-electron chi connectivity index (χ0n) is 9.41. The van der Waals surface area contributed by atoms with E-state index in [1.807, 2.05) is 0 Å². The molecule has 0 bridgehead atoms. The Labute approximate surface area is 109 Å². The van der Waals surface area contributed by atoms with Crippen molar-refractivity contribution in [2.45, 2.75) is 18.5 Å². The smallest absolute Gasteiger partial charge is 0.0659 e. The Balaban J connectivity index is 1.86. The van der Waals surface area contributed by atoms with Gasteiger partial charge in [0.2, 0.25) is 0 Å². The van der Waals surface area contributed by atoms with Crippen LogP contribution in [0, 0.1) is 0 Å². The number of thiophene rings is 1. The van der Waals surface area contributed by atoms with Crippen LogP contribution in [0.25, 0.3) is 0 Å². The third kappa shape index (κ3) is 3.28. The molecule has 0 saturated carbocycles. The van der Waals surface area contributed by atoms with Crippen molar-refractivity contribution in [2.75, 3.05) is 26.8 Å². The number of likely N-dealkylation sites (N-methyl/N-ethyl adjacent to an activating group) is 1. The standard InChI is InChI=1S/C11H17BrN2OS/c1-14(5-10-4-9(12)6-16-10)7-11(13)2-3-15-8-11/h4,6H,2-3,5,7-8,13H2,1H3. The predicted octanol–water partition coefficient (Wildman–Crippen LogP) is 2.06. The van der Waals surface area contributed by atoms with Crippen molar-refractivity contribution in [1.82, 2.24) is 4.90 Å². The van der Waals surface area contributed by atoms with Crippen molar-refractivity contribution in [2.24, 2.45) is 5.73 Å².